The third-order valence-corrected chi connectivity index (χ3v) is 4.47. The first kappa shape index (κ1) is 16.6. The monoisotopic (exact) mass is 332 g/mol. The standard InChI is InChI=1S/C18H24N2O4/c1-12(2)20-11-14(10-17(20)21)18(22)19-6-5-13-3-4-15-16(9-13)24-8-7-23-15/h3-4,9,12,14H,5-8,10-11H2,1-2H3,(H,19,22). The summed E-state index contributed by atoms with van der Waals surface area (Å²) in [6, 6.07) is 5.99. The van der Waals surface area contributed by atoms with Crippen LogP contribution in [0.2, 0.25) is 0 Å². The molecule has 1 aromatic rings. The Morgan fingerprint density at radius 3 is 2.75 bits per heavy atom. The summed E-state index contributed by atoms with van der Waals surface area (Å²) in [4.78, 5) is 25.9. The number of rotatable bonds is 5. The molecule has 3 rings (SSSR count). The van der Waals surface area contributed by atoms with Gasteiger partial charge in [0.25, 0.3) is 0 Å². The van der Waals surface area contributed by atoms with E-state index in [1.807, 2.05) is 32.0 Å². The number of carbonyl (C=O) groups is 2. The van der Waals surface area contributed by atoms with Crippen LogP contribution in [0, 0.1) is 5.92 Å². The number of hydrogen-bond acceptors (Lipinski definition) is 4. The molecule has 1 saturated heterocycles. The minimum atomic E-state index is -0.236. The topological polar surface area (TPSA) is 67.9 Å². The first-order valence-corrected chi connectivity index (χ1v) is 8.50. The van der Waals surface area contributed by atoms with Crippen molar-refractivity contribution in [1.29, 1.82) is 0 Å². The lowest BCUT2D eigenvalue weighted by atomic mass is 10.1. The van der Waals surface area contributed by atoms with E-state index in [0.717, 1.165) is 23.5 Å². The molecule has 2 amide bonds. The molecule has 1 N–H and O–H groups in total. The summed E-state index contributed by atoms with van der Waals surface area (Å²) in [5.74, 6) is 1.33. The highest BCUT2D eigenvalue weighted by Crippen LogP contribution is 2.30. The zero-order valence-electron chi connectivity index (χ0n) is 14.2. The van der Waals surface area contributed by atoms with Crippen molar-refractivity contribution in [1.82, 2.24) is 10.2 Å². The largest absolute Gasteiger partial charge is 0.486 e. The van der Waals surface area contributed by atoms with Crippen LogP contribution in [0.3, 0.4) is 0 Å². The van der Waals surface area contributed by atoms with E-state index < -0.39 is 0 Å². The highest BCUT2D eigenvalue weighted by molar-refractivity contribution is 5.89. The fourth-order valence-electron chi connectivity index (χ4n) is 3.12. The van der Waals surface area contributed by atoms with Crippen molar-refractivity contribution in [2.75, 3.05) is 26.3 Å². The van der Waals surface area contributed by atoms with Gasteiger partial charge in [0.2, 0.25) is 11.8 Å². The van der Waals surface area contributed by atoms with Gasteiger partial charge in [-0.1, -0.05) is 6.07 Å². The van der Waals surface area contributed by atoms with E-state index >= 15 is 0 Å². The molecule has 0 saturated carbocycles. The normalized spacial score (nSPS) is 19.7. The quantitative estimate of drug-likeness (QED) is 0.884. The number of fused-ring (bicyclic) bond motifs is 1. The van der Waals surface area contributed by atoms with Crippen LogP contribution < -0.4 is 14.8 Å². The van der Waals surface area contributed by atoms with Gasteiger partial charge in [0.15, 0.2) is 11.5 Å². The second-order valence-electron chi connectivity index (χ2n) is 6.56. The van der Waals surface area contributed by atoms with Crippen molar-refractivity contribution in [3.8, 4) is 11.5 Å². The summed E-state index contributed by atoms with van der Waals surface area (Å²) in [7, 11) is 0. The summed E-state index contributed by atoms with van der Waals surface area (Å²) in [5, 5.41) is 2.94. The Morgan fingerprint density at radius 1 is 1.29 bits per heavy atom. The van der Waals surface area contributed by atoms with Gasteiger partial charge in [-0.15, -0.1) is 0 Å². The molecule has 1 atom stereocenters. The first-order chi connectivity index (χ1) is 11.5. The Labute approximate surface area is 142 Å². The Hall–Kier alpha value is -2.24. The minimum absolute atomic E-state index is 0.0379. The van der Waals surface area contributed by atoms with Crippen LogP contribution in [-0.4, -0.2) is 49.1 Å². The van der Waals surface area contributed by atoms with Crippen LogP contribution in [0.1, 0.15) is 25.8 Å². The van der Waals surface area contributed by atoms with Crippen LogP contribution >= 0.6 is 0 Å². The van der Waals surface area contributed by atoms with Crippen molar-refractivity contribution >= 4 is 11.8 Å². The molecule has 24 heavy (non-hydrogen) atoms. The van der Waals surface area contributed by atoms with Gasteiger partial charge in [-0.05, 0) is 38.0 Å². The molecule has 0 aliphatic carbocycles. The third-order valence-electron chi connectivity index (χ3n) is 4.47. The van der Waals surface area contributed by atoms with Gasteiger partial charge in [0.1, 0.15) is 13.2 Å². The lowest BCUT2D eigenvalue weighted by Crippen LogP contribution is -2.36. The SMILES string of the molecule is CC(C)N1CC(C(=O)NCCc2ccc3c(c2)OCCO3)CC1=O. The minimum Gasteiger partial charge on any atom is -0.486 e. The molecule has 6 nitrogen and oxygen atoms in total. The number of likely N-dealkylation sites (tertiary alicyclic amines) is 1. The zero-order valence-corrected chi connectivity index (χ0v) is 14.2. The Morgan fingerprint density at radius 2 is 2.04 bits per heavy atom. The summed E-state index contributed by atoms with van der Waals surface area (Å²) in [6.07, 6.45) is 1.03. The Balaban J connectivity index is 1.48. The van der Waals surface area contributed by atoms with Gasteiger partial charge in [-0.3, -0.25) is 9.59 Å². The average Bonchev–Trinajstić information content (AvgIpc) is 2.97. The van der Waals surface area contributed by atoms with E-state index in [2.05, 4.69) is 5.32 Å². The van der Waals surface area contributed by atoms with E-state index in [9.17, 15) is 9.59 Å². The van der Waals surface area contributed by atoms with Gasteiger partial charge in [-0.2, -0.15) is 0 Å². The maximum Gasteiger partial charge on any atom is 0.225 e. The molecule has 1 aromatic carbocycles. The van der Waals surface area contributed by atoms with Crippen molar-refractivity contribution < 1.29 is 19.1 Å². The van der Waals surface area contributed by atoms with Crippen molar-refractivity contribution in [2.45, 2.75) is 32.7 Å². The van der Waals surface area contributed by atoms with Crippen LogP contribution in [0.25, 0.3) is 0 Å². The number of nitrogens with zero attached hydrogens (tertiary/aromatic N) is 1. The summed E-state index contributed by atoms with van der Waals surface area (Å²) >= 11 is 0. The fourth-order valence-corrected chi connectivity index (χ4v) is 3.12. The van der Waals surface area contributed by atoms with Crippen LogP contribution in [0.15, 0.2) is 18.2 Å². The molecule has 1 fully saturated rings. The van der Waals surface area contributed by atoms with Crippen LogP contribution in [-0.2, 0) is 16.0 Å². The van der Waals surface area contributed by atoms with Gasteiger partial charge >= 0.3 is 0 Å². The second-order valence-corrected chi connectivity index (χ2v) is 6.56. The predicted molar refractivity (Wildman–Crippen MR) is 89.1 cm³/mol. The number of hydrogen-bond donors (Lipinski definition) is 1. The Bertz CT molecular complexity index is 629. The maximum atomic E-state index is 12.2. The van der Waals surface area contributed by atoms with E-state index in [1.165, 1.54) is 0 Å². The van der Waals surface area contributed by atoms with Crippen LogP contribution in [0.5, 0.6) is 11.5 Å². The summed E-state index contributed by atoms with van der Waals surface area (Å²) < 4.78 is 11.1. The molecule has 2 aliphatic heterocycles. The number of benzene rings is 1. The first-order valence-electron chi connectivity index (χ1n) is 8.50. The smallest absolute Gasteiger partial charge is 0.225 e. The highest BCUT2D eigenvalue weighted by Gasteiger charge is 2.35. The van der Waals surface area contributed by atoms with Gasteiger partial charge < -0.3 is 19.7 Å². The van der Waals surface area contributed by atoms with Gasteiger partial charge in [0, 0.05) is 25.6 Å². The van der Waals surface area contributed by atoms with E-state index in [-0.39, 0.29) is 23.8 Å². The number of nitrogens with one attached hydrogen (secondary N) is 1. The maximum absolute atomic E-state index is 12.2. The summed E-state index contributed by atoms with van der Waals surface area (Å²) in [6.45, 7) is 6.16. The molecule has 0 aromatic heterocycles. The van der Waals surface area contributed by atoms with Gasteiger partial charge in [0.05, 0.1) is 5.92 Å². The Kier molecular flexibility index (Phi) is 4.92. The van der Waals surface area contributed by atoms with E-state index in [1.54, 1.807) is 4.90 Å². The lowest BCUT2D eigenvalue weighted by Gasteiger charge is -2.20. The molecular weight excluding hydrogens is 308 g/mol. The third kappa shape index (κ3) is 3.63. The molecule has 2 heterocycles. The van der Waals surface area contributed by atoms with Gasteiger partial charge in [-0.25, -0.2) is 0 Å². The molecule has 0 spiro atoms. The lowest BCUT2D eigenvalue weighted by molar-refractivity contribution is -0.129. The second kappa shape index (κ2) is 7.11. The highest BCUT2D eigenvalue weighted by atomic mass is 16.6. The average molecular weight is 332 g/mol. The zero-order chi connectivity index (χ0) is 17.1. The molecule has 6 heteroatoms. The van der Waals surface area contributed by atoms with E-state index in [0.29, 0.717) is 32.7 Å². The molecule has 2 aliphatic rings. The van der Waals surface area contributed by atoms with Crippen LogP contribution in [0.4, 0.5) is 0 Å². The number of carbonyl (C=O) groups excluding carboxylic acids is 2. The molecular formula is C18H24N2O4. The fraction of sp³-hybridized carbons (Fsp3) is 0.556. The van der Waals surface area contributed by atoms with Crippen molar-refractivity contribution in [2.24, 2.45) is 5.92 Å². The predicted octanol–water partition coefficient (Wildman–Crippen LogP) is 1.37. The van der Waals surface area contributed by atoms with Crippen molar-refractivity contribution in [3.63, 3.8) is 0 Å². The van der Waals surface area contributed by atoms with Crippen molar-refractivity contribution in [3.05, 3.63) is 23.8 Å². The molecule has 130 valence electrons. The van der Waals surface area contributed by atoms with E-state index in [4.69, 9.17) is 9.47 Å². The number of amides is 2. The summed E-state index contributed by atoms with van der Waals surface area (Å²) in [5.41, 5.74) is 1.09. The number of ether oxygens (including phenoxy) is 2. The molecule has 0 bridgehead atoms. The molecule has 1 unspecified atom stereocenters. The molecule has 0 radical (unpaired) electrons.